The highest BCUT2D eigenvalue weighted by Crippen LogP contribution is 2.59. The number of carbonyl (C=O) groups excluding carboxylic acids is 1. The van der Waals surface area contributed by atoms with E-state index < -0.39 is 5.82 Å². The van der Waals surface area contributed by atoms with Gasteiger partial charge in [-0.1, -0.05) is 11.6 Å². The predicted octanol–water partition coefficient (Wildman–Crippen LogP) is 5.60. The first-order chi connectivity index (χ1) is 14.0. The van der Waals surface area contributed by atoms with Gasteiger partial charge in [0.2, 0.25) is 0 Å². The van der Waals surface area contributed by atoms with Crippen LogP contribution in [0.25, 0.3) is 0 Å². The molecule has 0 radical (unpaired) electrons. The normalized spacial score (nSPS) is 29.8. The van der Waals surface area contributed by atoms with E-state index >= 15 is 0 Å². The van der Waals surface area contributed by atoms with Gasteiger partial charge < -0.3 is 14.5 Å². The van der Waals surface area contributed by atoms with Crippen molar-refractivity contribution in [2.75, 3.05) is 6.54 Å². The van der Waals surface area contributed by atoms with E-state index in [4.69, 9.17) is 20.8 Å². The highest BCUT2D eigenvalue weighted by atomic mass is 35.5. The molecule has 6 heteroatoms. The van der Waals surface area contributed by atoms with Gasteiger partial charge in [-0.25, -0.2) is 4.39 Å². The molecule has 1 amide bonds. The molecule has 1 aromatic heterocycles. The van der Waals surface area contributed by atoms with Gasteiger partial charge in [-0.15, -0.1) is 0 Å². The first-order valence-electron chi connectivity index (χ1n) is 10.4. The highest BCUT2D eigenvalue weighted by Gasteiger charge is 2.50. The van der Waals surface area contributed by atoms with Crippen molar-refractivity contribution in [2.45, 2.75) is 45.1 Å². The summed E-state index contributed by atoms with van der Waals surface area (Å²) in [6.45, 7) is 0.862. The summed E-state index contributed by atoms with van der Waals surface area (Å²) in [5, 5.41) is 3.32. The fraction of sp³-hybridized carbons (Fsp3) is 0.522. The molecular formula is C23H25ClFNO3. The minimum atomic E-state index is -0.418. The van der Waals surface area contributed by atoms with Gasteiger partial charge in [-0.05, 0) is 92.0 Å². The van der Waals surface area contributed by atoms with Crippen LogP contribution in [0.4, 0.5) is 4.39 Å². The molecule has 4 aliphatic rings. The lowest BCUT2D eigenvalue weighted by Gasteiger charge is -2.56. The van der Waals surface area contributed by atoms with E-state index in [1.165, 1.54) is 56.7 Å². The number of furan rings is 1. The van der Waals surface area contributed by atoms with E-state index in [9.17, 15) is 9.18 Å². The van der Waals surface area contributed by atoms with Crippen molar-refractivity contribution in [3.8, 4) is 5.75 Å². The predicted molar refractivity (Wildman–Crippen MR) is 107 cm³/mol. The van der Waals surface area contributed by atoms with E-state index in [-0.39, 0.29) is 17.5 Å². The summed E-state index contributed by atoms with van der Waals surface area (Å²) in [5.41, 5.74) is 0.294. The Kier molecular flexibility index (Phi) is 4.81. The number of rotatable bonds is 6. The molecule has 1 aromatic carbocycles. The zero-order chi connectivity index (χ0) is 20.0. The van der Waals surface area contributed by atoms with E-state index in [1.54, 1.807) is 12.1 Å². The van der Waals surface area contributed by atoms with Crippen LogP contribution < -0.4 is 10.1 Å². The van der Waals surface area contributed by atoms with Crippen LogP contribution >= 0.6 is 11.6 Å². The standard InChI is InChI=1S/C23H25ClFNO3/c24-19-8-17(25)1-3-20(19)28-12-18-2-4-21(29-18)22(27)26-13-23-9-14-5-15(10-23)7-16(6-14)11-23/h1-4,8,14-16H,5-7,9-13H2,(H,26,27). The van der Waals surface area contributed by atoms with Crippen LogP contribution in [0.5, 0.6) is 5.75 Å². The molecule has 1 heterocycles. The lowest BCUT2D eigenvalue weighted by molar-refractivity contribution is -0.0504. The maximum Gasteiger partial charge on any atom is 0.287 e. The fourth-order valence-corrected chi connectivity index (χ4v) is 6.40. The minimum absolute atomic E-state index is 0.119. The zero-order valence-electron chi connectivity index (χ0n) is 16.3. The average Bonchev–Trinajstić information content (AvgIpc) is 3.13. The second-order valence-corrected chi connectivity index (χ2v) is 9.64. The SMILES string of the molecule is O=C(NCC12CC3CC(CC(C3)C1)C2)c1ccc(COc2ccc(F)cc2Cl)o1. The maximum absolute atomic E-state index is 13.1. The van der Waals surface area contributed by atoms with Crippen LogP contribution in [0, 0.1) is 29.0 Å². The number of hydrogen-bond acceptors (Lipinski definition) is 3. The Morgan fingerprint density at radius 2 is 1.83 bits per heavy atom. The Balaban J connectivity index is 1.17. The van der Waals surface area contributed by atoms with Gasteiger partial charge in [-0.3, -0.25) is 4.79 Å². The third kappa shape index (κ3) is 3.89. The van der Waals surface area contributed by atoms with Crippen molar-refractivity contribution >= 4 is 17.5 Å². The van der Waals surface area contributed by atoms with Gasteiger partial charge in [0, 0.05) is 6.54 Å². The molecule has 1 N–H and O–H groups in total. The number of amides is 1. The Morgan fingerprint density at radius 1 is 1.14 bits per heavy atom. The Labute approximate surface area is 174 Å². The number of carbonyl (C=O) groups is 1. The molecule has 0 spiro atoms. The lowest BCUT2D eigenvalue weighted by Crippen LogP contribution is -2.51. The molecule has 6 rings (SSSR count). The number of ether oxygens (including phenoxy) is 1. The average molecular weight is 418 g/mol. The Morgan fingerprint density at radius 3 is 2.48 bits per heavy atom. The molecule has 0 aliphatic heterocycles. The Hall–Kier alpha value is -2.01. The van der Waals surface area contributed by atoms with Crippen LogP contribution in [0.15, 0.2) is 34.7 Å². The molecule has 0 atom stereocenters. The molecule has 154 valence electrons. The minimum Gasteiger partial charge on any atom is -0.484 e. The maximum atomic E-state index is 13.1. The van der Waals surface area contributed by atoms with Crippen molar-refractivity contribution in [3.63, 3.8) is 0 Å². The van der Waals surface area contributed by atoms with Crippen LogP contribution in [0.1, 0.15) is 54.8 Å². The number of nitrogens with one attached hydrogen (secondary N) is 1. The summed E-state index contributed by atoms with van der Waals surface area (Å²) in [4.78, 5) is 12.6. The van der Waals surface area contributed by atoms with Gasteiger partial charge in [0.05, 0.1) is 5.02 Å². The monoisotopic (exact) mass is 417 g/mol. The lowest BCUT2D eigenvalue weighted by atomic mass is 9.49. The van der Waals surface area contributed by atoms with E-state index in [1.807, 2.05) is 0 Å². The summed E-state index contributed by atoms with van der Waals surface area (Å²) in [6.07, 6.45) is 7.96. The second kappa shape index (κ2) is 7.35. The molecule has 0 saturated heterocycles. The first-order valence-corrected chi connectivity index (χ1v) is 10.8. The molecule has 2 aromatic rings. The topological polar surface area (TPSA) is 51.5 Å². The fourth-order valence-electron chi connectivity index (χ4n) is 6.18. The van der Waals surface area contributed by atoms with Crippen molar-refractivity contribution < 1.29 is 18.3 Å². The molecule has 4 saturated carbocycles. The number of hydrogen-bond donors (Lipinski definition) is 1. The van der Waals surface area contributed by atoms with Crippen LogP contribution in [-0.2, 0) is 6.61 Å². The summed E-state index contributed by atoms with van der Waals surface area (Å²) in [7, 11) is 0. The molecule has 0 unspecified atom stereocenters. The molecule has 4 nitrogen and oxygen atoms in total. The summed E-state index contributed by atoms with van der Waals surface area (Å²) < 4.78 is 24.3. The largest absolute Gasteiger partial charge is 0.484 e. The summed E-state index contributed by atoms with van der Waals surface area (Å²) >= 11 is 5.96. The number of halogens is 2. The van der Waals surface area contributed by atoms with E-state index in [2.05, 4.69) is 5.32 Å². The molecule has 4 aliphatic carbocycles. The van der Waals surface area contributed by atoms with Gasteiger partial charge in [0.25, 0.3) is 5.91 Å². The van der Waals surface area contributed by atoms with Crippen molar-refractivity contribution in [1.82, 2.24) is 5.32 Å². The zero-order valence-corrected chi connectivity index (χ0v) is 17.0. The smallest absolute Gasteiger partial charge is 0.287 e. The van der Waals surface area contributed by atoms with Gasteiger partial charge in [0.1, 0.15) is 23.9 Å². The van der Waals surface area contributed by atoms with E-state index in [0.717, 1.165) is 24.3 Å². The van der Waals surface area contributed by atoms with Crippen LogP contribution in [0.3, 0.4) is 0 Å². The van der Waals surface area contributed by atoms with Crippen molar-refractivity contribution in [3.05, 3.63) is 52.7 Å². The second-order valence-electron chi connectivity index (χ2n) is 9.23. The van der Waals surface area contributed by atoms with Crippen LogP contribution in [0.2, 0.25) is 5.02 Å². The Bertz CT molecular complexity index is 889. The third-order valence-electron chi connectivity index (χ3n) is 6.94. The van der Waals surface area contributed by atoms with Crippen molar-refractivity contribution in [1.29, 1.82) is 0 Å². The molecule has 29 heavy (non-hydrogen) atoms. The molecular weight excluding hydrogens is 393 g/mol. The third-order valence-corrected chi connectivity index (χ3v) is 7.23. The molecule has 4 bridgehead atoms. The first kappa shape index (κ1) is 19.0. The van der Waals surface area contributed by atoms with Crippen molar-refractivity contribution in [2.24, 2.45) is 23.2 Å². The van der Waals surface area contributed by atoms with Gasteiger partial charge >= 0.3 is 0 Å². The van der Waals surface area contributed by atoms with E-state index in [0.29, 0.717) is 22.7 Å². The van der Waals surface area contributed by atoms with Gasteiger partial charge in [0.15, 0.2) is 5.76 Å². The molecule has 4 fully saturated rings. The number of benzene rings is 1. The van der Waals surface area contributed by atoms with Gasteiger partial charge in [-0.2, -0.15) is 0 Å². The highest BCUT2D eigenvalue weighted by molar-refractivity contribution is 6.32. The summed E-state index contributed by atoms with van der Waals surface area (Å²) in [6, 6.07) is 7.34. The quantitative estimate of drug-likeness (QED) is 0.665. The van der Waals surface area contributed by atoms with Crippen LogP contribution in [-0.4, -0.2) is 12.5 Å². The summed E-state index contributed by atoms with van der Waals surface area (Å²) in [5.74, 6) is 3.18.